The van der Waals surface area contributed by atoms with Crippen molar-refractivity contribution in [3.05, 3.63) is 95.6 Å². The molecule has 1 aliphatic rings. The van der Waals surface area contributed by atoms with Crippen molar-refractivity contribution in [2.24, 2.45) is 0 Å². The highest BCUT2D eigenvalue weighted by Crippen LogP contribution is 2.28. The maximum Gasteiger partial charge on any atom is 0.196 e. The first kappa shape index (κ1) is 14.5. The second-order valence-electron chi connectivity index (χ2n) is 5.77. The molecule has 0 atom stereocenters. The Morgan fingerprint density at radius 2 is 1.42 bits per heavy atom. The van der Waals surface area contributed by atoms with Crippen molar-refractivity contribution < 1.29 is 9.53 Å². The molecule has 0 bridgehead atoms. The molecule has 1 aliphatic heterocycles. The highest BCUT2D eigenvalue weighted by Gasteiger charge is 2.22. The standard InChI is InChI=1S/C22H16O2/c23-22-19(15-24-21-9-5-4-8-20(21)22)14-16-10-12-18(13-11-16)17-6-2-1-3-7-17/h1-14H,15H2. The summed E-state index contributed by atoms with van der Waals surface area (Å²) >= 11 is 0. The van der Waals surface area contributed by atoms with Crippen molar-refractivity contribution in [2.45, 2.75) is 0 Å². The minimum Gasteiger partial charge on any atom is -0.488 e. The van der Waals surface area contributed by atoms with Gasteiger partial charge in [0.15, 0.2) is 5.78 Å². The van der Waals surface area contributed by atoms with Crippen LogP contribution in [-0.4, -0.2) is 12.4 Å². The molecule has 0 saturated carbocycles. The molecule has 0 amide bonds. The Hall–Kier alpha value is -3.13. The smallest absolute Gasteiger partial charge is 0.196 e. The van der Waals surface area contributed by atoms with Crippen molar-refractivity contribution in [2.75, 3.05) is 6.61 Å². The van der Waals surface area contributed by atoms with E-state index in [0.717, 1.165) is 11.1 Å². The van der Waals surface area contributed by atoms with Crippen molar-refractivity contribution in [3.63, 3.8) is 0 Å². The van der Waals surface area contributed by atoms with E-state index < -0.39 is 0 Å². The predicted molar refractivity (Wildman–Crippen MR) is 96.1 cm³/mol. The first-order chi connectivity index (χ1) is 11.8. The molecule has 116 valence electrons. The van der Waals surface area contributed by atoms with Gasteiger partial charge in [-0.25, -0.2) is 0 Å². The summed E-state index contributed by atoms with van der Waals surface area (Å²) < 4.78 is 5.68. The summed E-state index contributed by atoms with van der Waals surface area (Å²) in [7, 11) is 0. The topological polar surface area (TPSA) is 26.3 Å². The number of carbonyl (C=O) groups excluding carboxylic acids is 1. The van der Waals surface area contributed by atoms with E-state index in [-0.39, 0.29) is 5.78 Å². The van der Waals surface area contributed by atoms with Crippen LogP contribution in [0.4, 0.5) is 0 Å². The molecule has 0 unspecified atom stereocenters. The zero-order chi connectivity index (χ0) is 16.4. The normalized spacial score (nSPS) is 15.0. The summed E-state index contributed by atoms with van der Waals surface area (Å²) in [5.41, 5.74) is 4.66. The van der Waals surface area contributed by atoms with Gasteiger partial charge in [-0.05, 0) is 34.9 Å². The number of carbonyl (C=O) groups is 1. The van der Waals surface area contributed by atoms with E-state index in [1.54, 1.807) is 0 Å². The van der Waals surface area contributed by atoms with Crippen LogP contribution in [0.3, 0.4) is 0 Å². The fourth-order valence-electron chi connectivity index (χ4n) is 2.88. The van der Waals surface area contributed by atoms with E-state index in [1.165, 1.54) is 5.56 Å². The first-order valence-electron chi connectivity index (χ1n) is 7.94. The number of para-hydroxylation sites is 1. The average molecular weight is 312 g/mol. The Balaban J connectivity index is 1.61. The monoisotopic (exact) mass is 312 g/mol. The van der Waals surface area contributed by atoms with Crippen molar-refractivity contribution in [1.29, 1.82) is 0 Å². The van der Waals surface area contributed by atoms with E-state index in [1.807, 2.05) is 60.7 Å². The van der Waals surface area contributed by atoms with Crippen molar-refractivity contribution in [3.8, 4) is 16.9 Å². The van der Waals surface area contributed by atoms with Crippen LogP contribution in [0.2, 0.25) is 0 Å². The molecule has 24 heavy (non-hydrogen) atoms. The Labute approximate surface area is 141 Å². The SMILES string of the molecule is O=C1C(=Cc2ccc(-c3ccccc3)cc2)COc2ccccc21. The number of ether oxygens (including phenoxy) is 1. The molecule has 2 heteroatoms. The first-order valence-corrected chi connectivity index (χ1v) is 7.94. The van der Waals surface area contributed by atoms with Gasteiger partial charge in [0.2, 0.25) is 0 Å². The van der Waals surface area contributed by atoms with Crippen LogP contribution in [0, 0.1) is 0 Å². The summed E-state index contributed by atoms with van der Waals surface area (Å²) in [6, 6.07) is 25.8. The van der Waals surface area contributed by atoms with Crippen LogP contribution >= 0.6 is 0 Å². The summed E-state index contributed by atoms with van der Waals surface area (Å²) in [6.45, 7) is 0.316. The number of ketones is 1. The minimum atomic E-state index is 0.0454. The number of benzene rings is 3. The molecule has 0 fully saturated rings. The quantitative estimate of drug-likeness (QED) is 0.622. The highest BCUT2D eigenvalue weighted by atomic mass is 16.5. The number of fused-ring (bicyclic) bond motifs is 1. The third-order valence-electron chi connectivity index (χ3n) is 4.17. The third kappa shape index (κ3) is 2.74. The number of Topliss-reactive ketones (excluding diaryl/α,β-unsaturated/α-hetero) is 1. The lowest BCUT2D eigenvalue weighted by atomic mass is 9.97. The zero-order valence-corrected chi connectivity index (χ0v) is 13.1. The van der Waals surface area contributed by atoms with Gasteiger partial charge in [0.25, 0.3) is 0 Å². The molecule has 4 rings (SSSR count). The molecule has 0 aromatic heterocycles. The Morgan fingerprint density at radius 3 is 2.21 bits per heavy atom. The van der Waals surface area contributed by atoms with Gasteiger partial charge in [0.05, 0.1) is 5.56 Å². The van der Waals surface area contributed by atoms with E-state index in [4.69, 9.17) is 4.74 Å². The third-order valence-corrected chi connectivity index (χ3v) is 4.17. The molecule has 1 heterocycles. The molecule has 0 radical (unpaired) electrons. The molecular weight excluding hydrogens is 296 g/mol. The molecule has 0 spiro atoms. The van der Waals surface area contributed by atoms with Gasteiger partial charge < -0.3 is 4.74 Å². The minimum absolute atomic E-state index is 0.0454. The van der Waals surface area contributed by atoms with Gasteiger partial charge in [-0.2, -0.15) is 0 Å². The maximum absolute atomic E-state index is 12.6. The second-order valence-corrected chi connectivity index (χ2v) is 5.77. The van der Waals surface area contributed by atoms with E-state index in [2.05, 4.69) is 24.3 Å². The summed E-state index contributed by atoms with van der Waals surface area (Å²) in [6.07, 6.45) is 1.91. The molecule has 2 nitrogen and oxygen atoms in total. The lowest BCUT2D eigenvalue weighted by Gasteiger charge is -2.18. The molecule has 0 saturated heterocycles. The van der Waals surface area contributed by atoms with Crippen LogP contribution in [0.15, 0.2) is 84.4 Å². The van der Waals surface area contributed by atoms with Crippen LogP contribution in [-0.2, 0) is 0 Å². The van der Waals surface area contributed by atoms with E-state index in [0.29, 0.717) is 23.5 Å². The van der Waals surface area contributed by atoms with E-state index in [9.17, 15) is 4.79 Å². The number of hydrogen-bond acceptors (Lipinski definition) is 2. The predicted octanol–water partition coefficient (Wildman–Crippen LogP) is 5.01. The molecule has 0 N–H and O–H groups in total. The van der Waals surface area contributed by atoms with Crippen LogP contribution in [0.25, 0.3) is 17.2 Å². The largest absolute Gasteiger partial charge is 0.488 e. The summed E-state index contributed by atoms with van der Waals surface area (Å²) in [5, 5.41) is 0. The number of hydrogen-bond donors (Lipinski definition) is 0. The maximum atomic E-state index is 12.6. The van der Waals surface area contributed by atoms with Gasteiger partial charge in [0.1, 0.15) is 12.4 Å². The fraction of sp³-hybridized carbons (Fsp3) is 0.0455. The van der Waals surface area contributed by atoms with Gasteiger partial charge in [-0.15, -0.1) is 0 Å². The van der Waals surface area contributed by atoms with Gasteiger partial charge >= 0.3 is 0 Å². The zero-order valence-electron chi connectivity index (χ0n) is 13.1. The van der Waals surface area contributed by atoms with Crippen molar-refractivity contribution in [1.82, 2.24) is 0 Å². The molecule has 0 aliphatic carbocycles. The summed E-state index contributed by atoms with van der Waals surface area (Å²) in [5.74, 6) is 0.711. The van der Waals surface area contributed by atoms with Crippen LogP contribution in [0.5, 0.6) is 5.75 Å². The Kier molecular flexibility index (Phi) is 3.72. The second kappa shape index (κ2) is 6.17. The molecule has 3 aromatic rings. The van der Waals surface area contributed by atoms with Gasteiger partial charge in [-0.1, -0.05) is 66.7 Å². The lowest BCUT2D eigenvalue weighted by molar-refractivity contribution is 0.100. The fourth-order valence-corrected chi connectivity index (χ4v) is 2.88. The molecular formula is C22H16O2. The highest BCUT2D eigenvalue weighted by molar-refractivity contribution is 6.14. The summed E-state index contributed by atoms with van der Waals surface area (Å²) in [4.78, 5) is 12.6. The van der Waals surface area contributed by atoms with Crippen molar-refractivity contribution >= 4 is 11.9 Å². The average Bonchev–Trinajstić information content (AvgIpc) is 2.66. The molecule has 3 aromatic carbocycles. The van der Waals surface area contributed by atoms with Crippen LogP contribution in [0.1, 0.15) is 15.9 Å². The lowest BCUT2D eigenvalue weighted by Crippen LogP contribution is -2.18. The van der Waals surface area contributed by atoms with Crippen LogP contribution < -0.4 is 4.74 Å². The van der Waals surface area contributed by atoms with Gasteiger partial charge in [0, 0.05) is 5.57 Å². The number of rotatable bonds is 2. The van der Waals surface area contributed by atoms with Gasteiger partial charge in [-0.3, -0.25) is 4.79 Å². The van der Waals surface area contributed by atoms with E-state index >= 15 is 0 Å². The Bertz CT molecular complexity index is 906. The Morgan fingerprint density at radius 1 is 0.750 bits per heavy atom.